The van der Waals surface area contributed by atoms with Gasteiger partial charge in [0.05, 0.1) is 16.6 Å². The summed E-state index contributed by atoms with van der Waals surface area (Å²) in [4.78, 5) is 12.8. The molecule has 0 bridgehead atoms. The van der Waals surface area contributed by atoms with Gasteiger partial charge in [-0.05, 0) is 42.5 Å². The van der Waals surface area contributed by atoms with E-state index in [0.717, 1.165) is 26.2 Å². The summed E-state index contributed by atoms with van der Waals surface area (Å²) in [6, 6.07) is 9.38. The summed E-state index contributed by atoms with van der Waals surface area (Å²) in [6.45, 7) is 3.68. The van der Waals surface area contributed by atoms with E-state index in [4.69, 9.17) is 49.7 Å². The minimum absolute atomic E-state index is 0.122. The molecule has 2 fully saturated rings. The third-order valence-corrected chi connectivity index (χ3v) is 7.48. The summed E-state index contributed by atoms with van der Waals surface area (Å²) in [5.41, 5.74) is 1.47. The number of thiocarbonyl (C=S) groups is 1. The van der Waals surface area contributed by atoms with Crippen LogP contribution in [0.2, 0.25) is 10.0 Å². The maximum atomic E-state index is 15.1. The van der Waals surface area contributed by atoms with E-state index in [0.29, 0.717) is 26.4 Å². The van der Waals surface area contributed by atoms with E-state index in [1.807, 2.05) is 0 Å². The summed E-state index contributed by atoms with van der Waals surface area (Å²) in [5, 5.41) is 18.6. The lowest BCUT2D eigenvalue weighted by molar-refractivity contribution is -0.192. The molecule has 0 unspecified atom stereocenters. The molecule has 0 amide bonds. The molecular formula is C24H19Cl2F6N5O3S. The Labute approximate surface area is 243 Å². The lowest BCUT2D eigenvalue weighted by Gasteiger charge is -2.57. The molecule has 2 N–H and O–H groups in total. The Hall–Kier alpha value is -3.14. The predicted molar refractivity (Wildman–Crippen MR) is 140 cm³/mol. The topological polar surface area (TPSA) is 94.7 Å². The smallest absolute Gasteiger partial charge is 0.475 e. The van der Waals surface area contributed by atoms with Gasteiger partial charge < -0.3 is 24.6 Å². The molecule has 0 atom stereocenters. The Morgan fingerprint density at radius 2 is 1.80 bits per heavy atom. The average Bonchev–Trinajstić information content (AvgIpc) is 3.34. The normalized spacial score (nSPS) is 15.6. The number of aromatic nitrogens is 2. The molecule has 3 aromatic rings. The number of halogens is 8. The first-order chi connectivity index (χ1) is 19.2. The minimum Gasteiger partial charge on any atom is -0.475 e. The molecule has 0 aliphatic carbocycles. The lowest BCUT2D eigenvalue weighted by Crippen LogP contribution is -2.73. The van der Waals surface area contributed by atoms with Gasteiger partial charge in [0.2, 0.25) is 5.89 Å². The maximum absolute atomic E-state index is 15.1. The molecule has 0 radical (unpaired) electrons. The highest BCUT2D eigenvalue weighted by Gasteiger charge is 2.49. The zero-order chi connectivity index (χ0) is 30.1. The second-order valence-corrected chi connectivity index (χ2v) is 10.5. The second-order valence-electron chi connectivity index (χ2n) is 9.28. The molecule has 2 aromatic carbocycles. The number of aliphatic carboxylic acids is 1. The van der Waals surface area contributed by atoms with E-state index in [2.05, 4.69) is 20.4 Å². The zero-order valence-electron chi connectivity index (χ0n) is 20.6. The molecule has 41 heavy (non-hydrogen) atoms. The number of nitrogens with one attached hydrogen (secondary N) is 1. The van der Waals surface area contributed by atoms with Crippen molar-refractivity contribution in [2.45, 2.75) is 19.1 Å². The van der Waals surface area contributed by atoms with Crippen LogP contribution in [0.3, 0.4) is 0 Å². The first kappa shape index (κ1) is 30.8. The SMILES string of the molecule is Fc1cc(-c2nnc(C(F)F)o2)ccc1CN(C(=S)N1CC2(CNC2)C1)c1ccc(Cl)c(Cl)c1.O=C(O)C(F)(F)F. The van der Waals surface area contributed by atoms with Crippen LogP contribution in [0.5, 0.6) is 0 Å². The summed E-state index contributed by atoms with van der Waals surface area (Å²) in [7, 11) is 0. The van der Waals surface area contributed by atoms with Gasteiger partial charge in [0.1, 0.15) is 5.82 Å². The summed E-state index contributed by atoms with van der Waals surface area (Å²) >= 11 is 18.1. The van der Waals surface area contributed by atoms with Crippen LogP contribution in [0.1, 0.15) is 17.9 Å². The van der Waals surface area contributed by atoms with E-state index >= 15 is 4.39 Å². The standard InChI is InChI=1S/C22H18Cl2F3N5OS.C2HF3O2/c23-15-4-3-14(6-16(15)24)32(21(34)31-10-22(11-31)8-28-9-22)7-13-2-1-12(5-17(13)25)19-29-30-20(33-19)18(26)27;3-2(4,5)1(6)7/h1-6,18,28H,7-11H2;(H,6,7). The highest BCUT2D eigenvalue weighted by atomic mass is 35.5. The van der Waals surface area contributed by atoms with E-state index < -0.39 is 30.3 Å². The van der Waals surface area contributed by atoms with Gasteiger partial charge in [-0.3, -0.25) is 0 Å². The predicted octanol–water partition coefficient (Wildman–Crippen LogP) is 5.95. The van der Waals surface area contributed by atoms with Crippen molar-refractivity contribution in [1.82, 2.24) is 20.4 Å². The quantitative estimate of drug-likeness (QED) is 0.259. The second kappa shape index (κ2) is 12.0. The number of carbonyl (C=O) groups is 1. The Morgan fingerprint density at radius 3 is 2.29 bits per heavy atom. The zero-order valence-corrected chi connectivity index (χ0v) is 22.9. The van der Waals surface area contributed by atoms with Crippen LogP contribution in [0.25, 0.3) is 11.5 Å². The summed E-state index contributed by atoms with van der Waals surface area (Å²) in [5.74, 6) is -4.32. The Balaban J connectivity index is 0.000000493. The molecule has 1 spiro atoms. The van der Waals surface area contributed by atoms with Crippen LogP contribution in [0, 0.1) is 11.2 Å². The Bertz CT molecular complexity index is 1450. The average molecular weight is 642 g/mol. The van der Waals surface area contributed by atoms with Crippen molar-refractivity contribution in [2.75, 3.05) is 31.1 Å². The van der Waals surface area contributed by atoms with Gasteiger partial charge >= 0.3 is 18.6 Å². The van der Waals surface area contributed by atoms with Gasteiger partial charge in [-0.2, -0.15) is 22.0 Å². The van der Waals surface area contributed by atoms with Crippen LogP contribution in [0.15, 0.2) is 40.8 Å². The molecule has 3 heterocycles. The molecule has 2 aliphatic heterocycles. The number of hydrogen-bond acceptors (Lipinski definition) is 6. The number of benzene rings is 2. The molecule has 17 heteroatoms. The van der Waals surface area contributed by atoms with E-state index in [-0.39, 0.29) is 23.4 Å². The van der Waals surface area contributed by atoms with Crippen LogP contribution in [-0.4, -0.2) is 63.6 Å². The van der Waals surface area contributed by atoms with Crippen molar-refractivity contribution in [2.24, 2.45) is 5.41 Å². The van der Waals surface area contributed by atoms with Gasteiger partial charge in [-0.15, -0.1) is 10.2 Å². The number of carboxylic acid groups (broad SMARTS) is 1. The number of alkyl halides is 5. The first-order valence-corrected chi connectivity index (χ1v) is 12.8. The molecular weight excluding hydrogens is 623 g/mol. The maximum Gasteiger partial charge on any atom is 0.490 e. The molecule has 8 nitrogen and oxygen atoms in total. The van der Waals surface area contributed by atoms with Crippen LogP contribution >= 0.6 is 35.4 Å². The van der Waals surface area contributed by atoms with Crippen molar-refractivity contribution >= 4 is 52.2 Å². The number of carboxylic acids is 1. The summed E-state index contributed by atoms with van der Waals surface area (Å²) < 4.78 is 77.2. The Kier molecular flexibility index (Phi) is 9.01. The van der Waals surface area contributed by atoms with Crippen molar-refractivity contribution in [3.8, 4) is 11.5 Å². The monoisotopic (exact) mass is 641 g/mol. The Morgan fingerprint density at radius 1 is 1.15 bits per heavy atom. The third kappa shape index (κ3) is 7.02. The van der Waals surface area contributed by atoms with E-state index in [1.165, 1.54) is 18.2 Å². The number of rotatable bonds is 5. The first-order valence-electron chi connectivity index (χ1n) is 11.6. The van der Waals surface area contributed by atoms with Crippen molar-refractivity contribution in [3.63, 3.8) is 0 Å². The highest BCUT2D eigenvalue weighted by molar-refractivity contribution is 7.80. The fourth-order valence-electron chi connectivity index (χ4n) is 4.11. The number of anilines is 1. The molecule has 2 saturated heterocycles. The third-order valence-electron chi connectivity index (χ3n) is 6.27. The lowest BCUT2D eigenvalue weighted by atomic mass is 9.75. The van der Waals surface area contributed by atoms with Crippen LogP contribution in [0.4, 0.5) is 32.0 Å². The van der Waals surface area contributed by atoms with Gasteiger partial charge in [0.25, 0.3) is 5.89 Å². The fraction of sp³-hybridized carbons (Fsp3) is 0.333. The van der Waals surface area contributed by atoms with Crippen molar-refractivity contribution in [1.29, 1.82) is 0 Å². The largest absolute Gasteiger partial charge is 0.490 e. The molecule has 0 saturated carbocycles. The number of hydrogen-bond donors (Lipinski definition) is 2. The molecule has 5 rings (SSSR count). The molecule has 2 aliphatic rings. The van der Waals surface area contributed by atoms with E-state index in [1.54, 1.807) is 23.1 Å². The van der Waals surface area contributed by atoms with Gasteiger partial charge in [0.15, 0.2) is 5.11 Å². The molecule has 1 aromatic heterocycles. The number of likely N-dealkylation sites (tertiary alicyclic amines) is 1. The van der Waals surface area contributed by atoms with Crippen molar-refractivity contribution < 1.29 is 40.7 Å². The van der Waals surface area contributed by atoms with Crippen molar-refractivity contribution in [3.05, 3.63) is 63.7 Å². The summed E-state index contributed by atoms with van der Waals surface area (Å²) in [6.07, 6.45) is -7.98. The van der Waals surface area contributed by atoms with Gasteiger partial charge in [-0.25, -0.2) is 9.18 Å². The van der Waals surface area contributed by atoms with Gasteiger partial charge in [0, 0.05) is 48.4 Å². The van der Waals surface area contributed by atoms with Gasteiger partial charge in [-0.1, -0.05) is 29.3 Å². The van der Waals surface area contributed by atoms with Crippen LogP contribution in [-0.2, 0) is 11.3 Å². The minimum atomic E-state index is -5.08. The van der Waals surface area contributed by atoms with Crippen LogP contribution < -0.4 is 10.2 Å². The number of nitrogens with zero attached hydrogens (tertiary/aromatic N) is 4. The fourth-order valence-corrected chi connectivity index (χ4v) is 4.70. The highest BCUT2D eigenvalue weighted by Crippen LogP contribution is 2.37. The molecule has 220 valence electrons. The van der Waals surface area contributed by atoms with E-state index in [9.17, 15) is 22.0 Å².